The minimum absolute atomic E-state index is 0.0512. The lowest BCUT2D eigenvalue weighted by molar-refractivity contribution is 0.376. The van der Waals surface area contributed by atoms with Gasteiger partial charge in [0.1, 0.15) is 12.2 Å². The number of halogens is 2. The van der Waals surface area contributed by atoms with Gasteiger partial charge in [-0.3, -0.25) is 0 Å². The third kappa shape index (κ3) is 5.62. The van der Waals surface area contributed by atoms with Crippen LogP contribution in [-0.2, 0) is 26.4 Å². The van der Waals surface area contributed by atoms with Gasteiger partial charge in [-0.25, -0.2) is 0 Å². The fourth-order valence-corrected chi connectivity index (χ4v) is 7.26. The summed E-state index contributed by atoms with van der Waals surface area (Å²) in [6.07, 6.45) is 0.198. The van der Waals surface area contributed by atoms with Crippen LogP contribution in [0.2, 0.25) is 0 Å². The topological polar surface area (TPSA) is 12.5 Å². The first-order valence-electron chi connectivity index (χ1n) is 12.1. The summed E-state index contributed by atoms with van der Waals surface area (Å²) in [6, 6.07) is 9.44. The second-order valence-electron chi connectivity index (χ2n) is 13.8. The zero-order chi connectivity index (χ0) is 25.3. The molecular weight excluding hydrogens is 536 g/mol. The zero-order valence-electron chi connectivity index (χ0n) is 22.6. The molecule has 1 aliphatic rings. The van der Waals surface area contributed by atoms with E-state index in [1.807, 2.05) is 0 Å². The first-order valence-corrected chi connectivity index (χ1v) is 13.7. The van der Waals surface area contributed by atoms with Crippen LogP contribution in [0, 0.1) is 0 Å². The van der Waals surface area contributed by atoms with Crippen molar-refractivity contribution in [2.75, 3.05) is 0 Å². The summed E-state index contributed by atoms with van der Waals surface area (Å²) in [5, 5.41) is 0. The molecule has 2 aromatic rings. The Kier molecular flexibility index (Phi) is 6.93. The van der Waals surface area contributed by atoms with Crippen molar-refractivity contribution in [3.8, 4) is 0 Å². The second-order valence-corrected chi connectivity index (χ2v) is 15.4. The van der Waals surface area contributed by atoms with Crippen LogP contribution in [-0.4, -0.2) is 0 Å². The molecule has 0 aliphatic carbocycles. The van der Waals surface area contributed by atoms with Crippen molar-refractivity contribution >= 4 is 31.9 Å². The van der Waals surface area contributed by atoms with Crippen molar-refractivity contribution in [3.63, 3.8) is 0 Å². The maximum atomic E-state index is 6.41. The van der Waals surface area contributed by atoms with Crippen molar-refractivity contribution in [3.05, 3.63) is 66.6 Å². The third-order valence-electron chi connectivity index (χ3n) is 6.57. The minimum atomic E-state index is 0.0512. The summed E-state index contributed by atoms with van der Waals surface area (Å²) in [7, 11) is 0. The van der Waals surface area contributed by atoms with E-state index in [4.69, 9.17) is 4.74 Å². The van der Waals surface area contributed by atoms with Crippen LogP contribution in [0.15, 0.2) is 33.2 Å². The molecule has 3 rings (SSSR count). The number of benzene rings is 2. The van der Waals surface area contributed by atoms with Crippen molar-refractivity contribution in [1.29, 1.82) is 0 Å². The highest BCUT2D eigenvalue weighted by Crippen LogP contribution is 2.54. The second kappa shape index (κ2) is 8.49. The SMILES string of the molecule is CC(C)(C)c1cc(C2OC2c2cc(C(C)(C)C)c(Br)c(C(C)(C)C)c2)cc(C(C)(C)C)c1Br. The number of ether oxygens (including phenoxy) is 1. The van der Waals surface area contributed by atoms with Crippen LogP contribution in [0.1, 0.15) is 129 Å². The molecule has 0 amide bonds. The molecule has 182 valence electrons. The molecule has 1 aliphatic heterocycles. The van der Waals surface area contributed by atoms with Gasteiger partial charge in [0.15, 0.2) is 0 Å². The molecule has 0 bridgehead atoms. The predicted octanol–water partition coefficient (Wildman–Crippen LogP) is 10.2. The summed E-state index contributed by atoms with van der Waals surface area (Å²) < 4.78 is 8.88. The van der Waals surface area contributed by atoms with Crippen molar-refractivity contribution in [1.82, 2.24) is 0 Å². The molecular formula is C30H42Br2O. The van der Waals surface area contributed by atoms with Crippen LogP contribution < -0.4 is 0 Å². The van der Waals surface area contributed by atoms with E-state index in [-0.39, 0.29) is 33.9 Å². The molecule has 0 spiro atoms. The number of hydrogen-bond acceptors (Lipinski definition) is 1. The molecule has 0 aromatic heterocycles. The molecule has 2 unspecified atom stereocenters. The molecule has 1 heterocycles. The van der Waals surface area contributed by atoms with Crippen LogP contribution >= 0.6 is 31.9 Å². The lowest BCUT2D eigenvalue weighted by atomic mass is 9.78. The molecule has 1 fully saturated rings. The highest BCUT2D eigenvalue weighted by molar-refractivity contribution is 9.11. The fourth-order valence-electron chi connectivity index (χ4n) is 4.42. The third-order valence-corrected chi connectivity index (χ3v) is 8.28. The number of hydrogen-bond donors (Lipinski definition) is 0. The quantitative estimate of drug-likeness (QED) is 0.323. The van der Waals surface area contributed by atoms with Gasteiger partial charge >= 0.3 is 0 Å². The molecule has 0 saturated carbocycles. The van der Waals surface area contributed by atoms with Gasteiger partial charge in [-0.2, -0.15) is 0 Å². The Bertz CT molecular complexity index is 897. The Morgan fingerprint density at radius 2 is 0.697 bits per heavy atom. The van der Waals surface area contributed by atoms with Gasteiger partial charge in [-0.05, 0) is 55.0 Å². The summed E-state index contributed by atoms with van der Waals surface area (Å²) in [6.45, 7) is 27.4. The first-order chi connectivity index (χ1) is 14.7. The van der Waals surface area contributed by atoms with E-state index in [0.29, 0.717) is 0 Å². The number of rotatable bonds is 2. The smallest absolute Gasteiger partial charge is 0.114 e. The van der Waals surface area contributed by atoms with Crippen LogP contribution in [0.25, 0.3) is 0 Å². The van der Waals surface area contributed by atoms with Crippen LogP contribution in [0.4, 0.5) is 0 Å². The molecule has 1 saturated heterocycles. The molecule has 3 heteroatoms. The maximum absolute atomic E-state index is 6.41. The molecule has 2 aromatic carbocycles. The molecule has 33 heavy (non-hydrogen) atoms. The largest absolute Gasteiger partial charge is 0.359 e. The Morgan fingerprint density at radius 1 is 0.485 bits per heavy atom. The van der Waals surface area contributed by atoms with Gasteiger partial charge < -0.3 is 4.74 Å². The molecule has 2 atom stereocenters. The minimum Gasteiger partial charge on any atom is -0.359 e. The summed E-state index contributed by atoms with van der Waals surface area (Å²) in [5.41, 5.74) is 8.17. The van der Waals surface area contributed by atoms with Crippen molar-refractivity contribution in [2.45, 2.75) is 117 Å². The molecule has 0 N–H and O–H groups in total. The Balaban J connectivity index is 2.12. The van der Waals surface area contributed by atoms with Crippen LogP contribution in [0.5, 0.6) is 0 Å². The maximum Gasteiger partial charge on any atom is 0.114 e. The summed E-state index contributed by atoms with van der Waals surface area (Å²) >= 11 is 7.88. The van der Waals surface area contributed by atoms with Gasteiger partial charge in [0, 0.05) is 8.95 Å². The van der Waals surface area contributed by atoms with E-state index in [2.05, 4.69) is 139 Å². The highest BCUT2D eigenvalue weighted by Gasteiger charge is 2.44. The van der Waals surface area contributed by atoms with Crippen molar-refractivity contribution < 1.29 is 4.74 Å². The standard InChI is InChI=1S/C30H42Br2O/c1-27(2,3)19-13-17(14-20(23(19)31)28(4,5)6)25-26(33-25)18-15-21(29(7,8)9)24(32)22(16-18)30(10,11)12/h13-16,25-26H,1-12H3. The van der Waals surface area contributed by atoms with Crippen molar-refractivity contribution in [2.24, 2.45) is 0 Å². The highest BCUT2D eigenvalue weighted by atomic mass is 79.9. The van der Waals surface area contributed by atoms with Crippen LogP contribution in [0.3, 0.4) is 0 Å². The van der Waals surface area contributed by atoms with Gasteiger partial charge in [0.25, 0.3) is 0 Å². The molecule has 0 radical (unpaired) electrons. The summed E-state index contributed by atoms with van der Waals surface area (Å²) in [5.74, 6) is 0. The lowest BCUT2D eigenvalue weighted by Gasteiger charge is -2.29. The van der Waals surface area contributed by atoms with Gasteiger partial charge in [-0.1, -0.05) is 139 Å². The van der Waals surface area contributed by atoms with E-state index in [1.54, 1.807) is 0 Å². The lowest BCUT2D eigenvalue weighted by Crippen LogP contribution is -2.19. The predicted molar refractivity (Wildman–Crippen MR) is 150 cm³/mol. The first kappa shape index (κ1) is 27.0. The van der Waals surface area contributed by atoms with E-state index < -0.39 is 0 Å². The normalized spacial score (nSPS) is 19.7. The number of epoxide rings is 1. The van der Waals surface area contributed by atoms with E-state index >= 15 is 0 Å². The molecule has 1 nitrogen and oxygen atoms in total. The van der Waals surface area contributed by atoms with Gasteiger partial charge in [-0.15, -0.1) is 0 Å². The van der Waals surface area contributed by atoms with E-state index in [9.17, 15) is 0 Å². The fraction of sp³-hybridized carbons (Fsp3) is 0.600. The average molecular weight is 578 g/mol. The van der Waals surface area contributed by atoms with Gasteiger partial charge in [0.2, 0.25) is 0 Å². The average Bonchev–Trinajstić information content (AvgIpc) is 3.38. The Hall–Kier alpha value is -0.640. The van der Waals surface area contributed by atoms with Gasteiger partial charge in [0.05, 0.1) is 0 Å². The Labute approximate surface area is 219 Å². The van der Waals surface area contributed by atoms with E-state index in [0.717, 1.165) is 0 Å². The zero-order valence-corrected chi connectivity index (χ0v) is 25.8. The monoisotopic (exact) mass is 576 g/mol. The Morgan fingerprint density at radius 3 is 0.879 bits per heavy atom. The summed E-state index contributed by atoms with van der Waals surface area (Å²) in [4.78, 5) is 0. The van der Waals surface area contributed by atoms with E-state index in [1.165, 1.54) is 42.3 Å².